The van der Waals surface area contributed by atoms with Gasteiger partial charge in [-0.3, -0.25) is 0 Å². The van der Waals surface area contributed by atoms with Crippen molar-refractivity contribution in [3.05, 3.63) is 0 Å². The van der Waals surface area contributed by atoms with Crippen LogP contribution >= 0.6 is 0 Å². The number of nitrogens with one attached hydrogen (secondary N) is 1. The SMILES string of the molecule is CC1CCCCCN1C(=O)N[C@@H](CCO)C(=O)O. The standard InChI is InChI=1S/C12H22N2O4/c1-9-5-3-2-4-7-14(9)12(18)13-10(6-8-15)11(16)17/h9-10,15H,2-8H2,1H3,(H,13,18)(H,16,17)/t9?,10-/m0/s1. The third kappa shape index (κ3) is 4.18. The maximum Gasteiger partial charge on any atom is 0.326 e. The fourth-order valence-corrected chi connectivity index (χ4v) is 2.20. The van der Waals surface area contributed by atoms with Gasteiger partial charge in [0, 0.05) is 25.6 Å². The normalized spacial score (nSPS) is 22.1. The van der Waals surface area contributed by atoms with Crippen LogP contribution < -0.4 is 5.32 Å². The van der Waals surface area contributed by atoms with E-state index in [1.54, 1.807) is 4.90 Å². The van der Waals surface area contributed by atoms with Gasteiger partial charge in [0.15, 0.2) is 0 Å². The van der Waals surface area contributed by atoms with Crippen molar-refractivity contribution in [2.45, 2.75) is 51.1 Å². The number of carboxylic acids is 1. The van der Waals surface area contributed by atoms with E-state index in [1.807, 2.05) is 6.92 Å². The molecule has 104 valence electrons. The number of amides is 2. The molecule has 3 N–H and O–H groups in total. The number of urea groups is 1. The first-order valence-corrected chi connectivity index (χ1v) is 6.47. The fraction of sp³-hybridized carbons (Fsp3) is 0.833. The summed E-state index contributed by atoms with van der Waals surface area (Å²) >= 11 is 0. The Labute approximate surface area is 107 Å². The van der Waals surface area contributed by atoms with Crippen LogP contribution in [0.3, 0.4) is 0 Å². The second kappa shape index (κ2) is 7.20. The molecule has 0 radical (unpaired) electrons. The predicted octanol–water partition coefficient (Wildman–Crippen LogP) is 0.796. The zero-order valence-corrected chi connectivity index (χ0v) is 10.8. The molecule has 2 atom stereocenters. The molecule has 0 aromatic carbocycles. The molecular weight excluding hydrogens is 236 g/mol. The lowest BCUT2D eigenvalue weighted by molar-refractivity contribution is -0.139. The van der Waals surface area contributed by atoms with Crippen LogP contribution in [-0.2, 0) is 4.79 Å². The molecule has 1 aliphatic rings. The van der Waals surface area contributed by atoms with Crippen molar-refractivity contribution >= 4 is 12.0 Å². The first-order valence-electron chi connectivity index (χ1n) is 6.47. The molecule has 0 aromatic heterocycles. The van der Waals surface area contributed by atoms with Crippen LogP contribution in [0, 0.1) is 0 Å². The minimum Gasteiger partial charge on any atom is -0.480 e. The van der Waals surface area contributed by atoms with Crippen molar-refractivity contribution in [1.29, 1.82) is 0 Å². The molecule has 1 heterocycles. The Bertz CT molecular complexity index is 296. The van der Waals surface area contributed by atoms with E-state index in [4.69, 9.17) is 10.2 Å². The van der Waals surface area contributed by atoms with Gasteiger partial charge in [0.05, 0.1) is 0 Å². The number of hydrogen-bond donors (Lipinski definition) is 3. The van der Waals surface area contributed by atoms with Gasteiger partial charge in [-0.1, -0.05) is 12.8 Å². The Morgan fingerprint density at radius 2 is 2.11 bits per heavy atom. The lowest BCUT2D eigenvalue weighted by Crippen LogP contribution is -2.50. The number of hydrogen-bond acceptors (Lipinski definition) is 3. The Hall–Kier alpha value is -1.30. The molecule has 1 fully saturated rings. The Kier molecular flexibility index (Phi) is 5.91. The molecule has 1 saturated heterocycles. The summed E-state index contributed by atoms with van der Waals surface area (Å²) in [5.74, 6) is -1.11. The van der Waals surface area contributed by atoms with E-state index in [9.17, 15) is 9.59 Å². The third-order valence-electron chi connectivity index (χ3n) is 3.33. The van der Waals surface area contributed by atoms with Crippen molar-refractivity contribution in [2.24, 2.45) is 0 Å². The van der Waals surface area contributed by atoms with Crippen LogP contribution in [0.25, 0.3) is 0 Å². The summed E-state index contributed by atoms with van der Waals surface area (Å²) in [4.78, 5) is 24.6. The molecule has 18 heavy (non-hydrogen) atoms. The van der Waals surface area contributed by atoms with Gasteiger partial charge in [-0.2, -0.15) is 0 Å². The molecule has 0 spiro atoms. The summed E-state index contributed by atoms with van der Waals surface area (Å²) < 4.78 is 0. The van der Waals surface area contributed by atoms with Crippen LogP contribution in [0.1, 0.15) is 39.0 Å². The van der Waals surface area contributed by atoms with Crippen molar-refractivity contribution < 1.29 is 19.8 Å². The highest BCUT2D eigenvalue weighted by molar-refractivity contribution is 5.82. The predicted molar refractivity (Wildman–Crippen MR) is 66.3 cm³/mol. The van der Waals surface area contributed by atoms with E-state index < -0.39 is 12.0 Å². The summed E-state index contributed by atoms with van der Waals surface area (Å²) in [6.07, 6.45) is 4.14. The molecule has 0 aromatic rings. The summed E-state index contributed by atoms with van der Waals surface area (Å²) in [5.41, 5.74) is 0. The molecule has 1 unspecified atom stereocenters. The number of nitrogens with zero attached hydrogens (tertiary/aromatic N) is 1. The van der Waals surface area contributed by atoms with Crippen LogP contribution in [0.5, 0.6) is 0 Å². The Morgan fingerprint density at radius 1 is 1.39 bits per heavy atom. The summed E-state index contributed by atoms with van der Waals surface area (Å²) in [5, 5.41) is 20.2. The van der Waals surface area contributed by atoms with Gasteiger partial charge in [-0.05, 0) is 19.8 Å². The van der Waals surface area contributed by atoms with Gasteiger partial charge >= 0.3 is 12.0 Å². The number of aliphatic hydroxyl groups excluding tert-OH is 1. The van der Waals surface area contributed by atoms with E-state index in [0.717, 1.165) is 25.7 Å². The first-order chi connectivity index (χ1) is 8.56. The molecule has 0 aliphatic carbocycles. The highest BCUT2D eigenvalue weighted by atomic mass is 16.4. The maximum absolute atomic E-state index is 12.0. The second-order valence-electron chi connectivity index (χ2n) is 4.74. The Morgan fingerprint density at radius 3 is 2.72 bits per heavy atom. The van der Waals surface area contributed by atoms with Crippen LogP contribution in [0.2, 0.25) is 0 Å². The first kappa shape index (κ1) is 14.8. The topological polar surface area (TPSA) is 89.9 Å². The van der Waals surface area contributed by atoms with E-state index >= 15 is 0 Å². The largest absolute Gasteiger partial charge is 0.480 e. The van der Waals surface area contributed by atoms with Gasteiger partial charge in [-0.25, -0.2) is 9.59 Å². The number of likely N-dealkylation sites (tertiary alicyclic amines) is 1. The number of aliphatic carboxylic acids is 1. The molecular formula is C12H22N2O4. The maximum atomic E-state index is 12.0. The molecule has 6 nitrogen and oxygen atoms in total. The van der Waals surface area contributed by atoms with Crippen molar-refractivity contribution in [3.63, 3.8) is 0 Å². The van der Waals surface area contributed by atoms with Crippen LogP contribution in [0.4, 0.5) is 4.79 Å². The van der Waals surface area contributed by atoms with Gasteiger partial charge in [0.25, 0.3) is 0 Å². The summed E-state index contributed by atoms with van der Waals surface area (Å²) in [6, 6.07) is -1.22. The third-order valence-corrected chi connectivity index (χ3v) is 3.33. The molecule has 2 amide bonds. The second-order valence-corrected chi connectivity index (χ2v) is 4.74. The number of carbonyl (C=O) groups is 2. The van der Waals surface area contributed by atoms with E-state index in [-0.39, 0.29) is 25.1 Å². The minimum absolute atomic E-state index is 0.0310. The van der Waals surface area contributed by atoms with Crippen molar-refractivity contribution in [3.8, 4) is 0 Å². The number of rotatable bonds is 4. The van der Waals surface area contributed by atoms with Gasteiger partial charge in [-0.15, -0.1) is 0 Å². The number of carbonyl (C=O) groups excluding carboxylic acids is 1. The van der Waals surface area contributed by atoms with Crippen molar-refractivity contribution in [1.82, 2.24) is 10.2 Å². The average Bonchev–Trinajstić information content (AvgIpc) is 2.53. The molecule has 6 heteroatoms. The lowest BCUT2D eigenvalue weighted by Gasteiger charge is -2.28. The summed E-state index contributed by atoms with van der Waals surface area (Å²) in [6.45, 7) is 2.39. The Balaban J connectivity index is 2.58. The molecule has 1 aliphatic heterocycles. The minimum atomic E-state index is -1.11. The van der Waals surface area contributed by atoms with Gasteiger partial charge in [0.2, 0.25) is 0 Å². The highest BCUT2D eigenvalue weighted by Gasteiger charge is 2.26. The number of carboxylic acid groups (broad SMARTS) is 1. The number of aliphatic hydroxyl groups is 1. The zero-order valence-electron chi connectivity index (χ0n) is 10.8. The molecule has 0 saturated carbocycles. The smallest absolute Gasteiger partial charge is 0.326 e. The van der Waals surface area contributed by atoms with Crippen molar-refractivity contribution in [2.75, 3.05) is 13.2 Å². The van der Waals surface area contributed by atoms with Gasteiger partial charge in [0.1, 0.15) is 6.04 Å². The zero-order chi connectivity index (χ0) is 13.5. The molecule has 0 bridgehead atoms. The summed E-state index contributed by atoms with van der Waals surface area (Å²) in [7, 11) is 0. The van der Waals surface area contributed by atoms with Crippen LogP contribution in [-0.4, -0.2) is 52.3 Å². The van der Waals surface area contributed by atoms with E-state index in [2.05, 4.69) is 5.32 Å². The van der Waals surface area contributed by atoms with E-state index in [0.29, 0.717) is 6.54 Å². The lowest BCUT2D eigenvalue weighted by atomic mass is 10.1. The monoisotopic (exact) mass is 258 g/mol. The quantitative estimate of drug-likeness (QED) is 0.695. The van der Waals surface area contributed by atoms with Crippen LogP contribution in [0.15, 0.2) is 0 Å². The van der Waals surface area contributed by atoms with Gasteiger partial charge < -0.3 is 20.4 Å². The molecule has 1 rings (SSSR count). The average molecular weight is 258 g/mol. The highest BCUT2D eigenvalue weighted by Crippen LogP contribution is 2.16. The fourth-order valence-electron chi connectivity index (χ4n) is 2.20. The van der Waals surface area contributed by atoms with E-state index in [1.165, 1.54) is 0 Å².